The molecule has 7 heteroatoms. The molecule has 90 valence electrons. The number of rotatable bonds is 4. The number of nitrogens with zero attached hydrogens (tertiary/aromatic N) is 5. The van der Waals surface area contributed by atoms with Gasteiger partial charge in [0.2, 0.25) is 5.95 Å². The Hall–Kier alpha value is -1.53. The molecule has 2 heterocycles. The quantitative estimate of drug-likeness (QED) is 0.821. The van der Waals surface area contributed by atoms with Crippen LogP contribution >= 0.6 is 11.6 Å². The van der Waals surface area contributed by atoms with Crippen LogP contribution in [0.1, 0.15) is 0 Å². The van der Waals surface area contributed by atoms with E-state index in [0.29, 0.717) is 22.3 Å². The lowest BCUT2D eigenvalue weighted by atomic mass is 10.5. The third kappa shape index (κ3) is 2.98. The van der Waals surface area contributed by atoms with Gasteiger partial charge in [-0.1, -0.05) is 11.6 Å². The third-order valence-electron chi connectivity index (χ3n) is 2.13. The lowest BCUT2D eigenvalue weighted by Crippen LogP contribution is -2.21. The van der Waals surface area contributed by atoms with Crippen LogP contribution in [-0.4, -0.2) is 52.0 Å². The van der Waals surface area contributed by atoms with Gasteiger partial charge in [0.25, 0.3) is 0 Å². The van der Waals surface area contributed by atoms with Gasteiger partial charge in [-0.25, -0.2) is 9.97 Å². The van der Waals surface area contributed by atoms with Crippen LogP contribution in [0, 0.1) is 0 Å². The van der Waals surface area contributed by atoms with E-state index in [9.17, 15) is 0 Å². The van der Waals surface area contributed by atoms with Crippen molar-refractivity contribution in [2.75, 3.05) is 32.5 Å². The van der Waals surface area contributed by atoms with Crippen molar-refractivity contribution in [1.82, 2.24) is 24.8 Å². The van der Waals surface area contributed by atoms with Crippen LogP contribution in [0.25, 0.3) is 11.2 Å². The van der Waals surface area contributed by atoms with Gasteiger partial charge in [0.05, 0.1) is 0 Å². The number of aromatic nitrogens is 4. The van der Waals surface area contributed by atoms with E-state index >= 15 is 0 Å². The molecular formula is C10H13ClN6. The highest BCUT2D eigenvalue weighted by molar-refractivity contribution is 6.33. The van der Waals surface area contributed by atoms with Crippen LogP contribution in [0.5, 0.6) is 0 Å². The molecule has 0 spiro atoms. The number of anilines is 1. The van der Waals surface area contributed by atoms with Crippen LogP contribution < -0.4 is 5.32 Å². The fraction of sp³-hybridized carbons (Fsp3) is 0.400. The number of halogens is 1. The first-order valence-electron chi connectivity index (χ1n) is 5.19. The number of hydrogen-bond acceptors (Lipinski definition) is 6. The van der Waals surface area contributed by atoms with Gasteiger partial charge in [0.1, 0.15) is 5.52 Å². The Morgan fingerprint density at radius 1 is 1.24 bits per heavy atom. The number of hydrogen-bond donors (Lipinski definition) is 1. The lowest BCUT2D eigenvalue weighted by molar-refractivity contribution is 0.425. The minimum Gasteiger partial charge on any atom is -0.353 e. The molecule has 0 radical (unpaired) electrons. The maximum Gasteiger partial charge on any atom is 0.226 e. The van der Waals surface area contributed by atoms with Gasteiger partial charge in [-0.3, -0.25) is 0 Å². The van der Waals surface area contributed by atoms with Crippen LogP contribution in [0.15, 0.2) is 12.4 Å². The summed E-state index contributed by atoms with van der Waals surface area (Å²) in [6.07, 6.45) is 3.14. The van der Waals surface area contributed by atoms with Crippen molar-refractivity contribution in [1.29, 1.82) is 0 Å². The van der Waals surface area contributed by atoms with Gasteiger partial charge in [-0.2, -0.15) is 9.97 Å². The van der Waals surface area contributed by atoms with E-state index in [4.69, 9.17) is 11.6 Å². The van der Waals surface area contributed by atoms with Gasteiger partial charge < -0.3 is 10.2 Å². The zero-order valence-electron chi connectivity index (χ0n) is 9.68. The Morgan fingerprint density at radius 3 is 2.76 bits per heavy atom. The number of nitrogens with one attached hydrogen (secondary N) is 1. The molecule has 0 aromatic carbocycles. The minimum absolute atomic E-state index is 0.315. The van der Waals surface area contributed by atoms with E-state index in [2.05, 4.69) is 30.2 Å². The van der Waals surface area contributed by atoms with Crippen molar-refractivity contribution < 1.29 is 0 Å². The van der Waals surface area contributed by atoms with Crippen molar-refractivity contribution in [3.63, 3.8) is 0 Å². The average Bonchev–Trinajstić information content (AvgIpc) is 2.28. The predicted octanol–water partition coefficient (Wildman–Crippen LogP) is 1.05. The summed E-state index contributed by atoms with van der Waals surface area (Å²) in [6, 6.07) is 0. The second-order valence-electron chi connectivity index (χ2n) is 3.80. The Balaban J connectivity index is 2.19. The highest BCUT2D eigenvalue weighted by Gasteiger charge is 2.07. The molecule has 0 saturated heterocycles. The summed E-state index contributed by atoms with van der Waals surface area (Å²) in [5, 5.41) is 3.41. The fourth-order valence-electron chi connectivity index (χ4n) is 1.30. The second-order valence-corrected chi connectivity index (χ2v) is 4.15. The maximum absolute atomic E-state index is 6.00. The molecule has 0 aliphatic carbocycles. The fourth-order valence-corrected chi connectivity index (χ4v) is 1.51. The van der Waals surface area contributed by atoms with Crippen molar-refractivity contribution in [3.05, 3.63) is 17.5 Å². The second kappa shape index (κ2) is 5.20. The predicted molar refractivity (Wildman–Crippen MR) is 67.2 cm³/mol. The first kappa shape index (κ1) is 11.9. The summed E-state index contributed by atoms with van der Waals surface area (Å²) in [4.78, 5) is 18.6. The summed E-state index contributed by atoms with van der Waals surface area (Å²) >= 11 is 6.00. The van der Waals surface area contributed by atoms with Crippen molar-refractivity contribution in [2.24, 2.45) is 0 Å². The molecule has 0 saturated carbocycles. The van der Waals surface area contributed by atoms with Crippen molar-refractivity contribution >= 4 is 28.7 Å². The van der Waals surface area contributed by atoms with Gasteiger partial charge in [-0.05, 0) is 14.1 Å². The molecular weight excluding hydrogens is 240 g/mol. The van der Waals surface area contributed by atoms with E-state index in [1.54, 1.807) is 12.4 Å². The molecule has 2 rings (SSSR count). The summed E-state index contributed by atoms with van der Waals surface area (Å²) in [6.45, 7) is 1.63. The SMILES string of the molecule is CN(C)CCNc1nc(Cl)c2nccnc2n1. The van der Waals surface area contributed by atoms with E-state index in [1.807, 2.05) is 14.1 Å². The zero-order chi connectivity index (χ0) is 12.3. The molecule has 17 heavy (non-hydrogen) atoms. The zero-order valence-corrected chi connectivity index (χ0v) is 10.4. The maximum atomic E-state index is 6.00. The van der Waals surface area contributed by atoms with Gasteiger partial charge in [0, 0.05) is 25.5 Å². The average molecular weight is 253 g/mol. The van der Waals surface area contributed by atoms with E-state index in [0.717, 1.165) is 13.1 Å². The Bertz CT molecular complexity index is 515. The normalized spacial score (nSPS) is 11.1. The first-order chi connectivity index (χ1) is 8.16. The van der Waals surface area contributed by atoms with Gasteiger partial charge in [0.15, 0.2) is 10.8 Å². The molecule has 1 N–H and O–H groups in total. The first-order valence-corrected chi connectivity index (χ1v) is 5.57. The standard InChI is InChI=1S/C10H13ClN6/c1-17(2)6-5-14-10-15-8(11)7-9(16-10)13-4-3-12-7/h3-4H,5-6H2,1-2H3,(H,13,14,15,16). The Labute approximate surface area is 104 Å². The monoisotopic (exact) mass is 252 g/mol. The van der Waals surface area contributed by atoms with Crippen LogP contribution in [0.3, 0.4) is 0 Å². The van der Waals surface area contributed by atoms with Gasteiger partial charge >= 0.3 is 0 Å². The Kier molecular flexibility index (Phi) is 3.65. The topological polar surface area (TPSA) is 66.8 Å². The molecule has 6 nitrogen and oxygen atoms in total. The highest BCUT2D eigenvalue weighted by Crippen LogP contribution is 2.17. The molecule has 0 aliphatic heterocycles. The summed E-state index contributed by atoms with van der Waals surface area (Å²) in [7, 11) is 4.00. The van der Waals surface area contributed by atoms with Crippen LogP contribution in [-0.2, 0) is 0 Å². The molecule has 0 unspecified atom stereocenters. The van der Waals surface area contributed by atoms with Gasteiger partial charge in [-0.15, -0.1) is 0 Å². The summed E-state index contributed by atoms with van der Waals surface area (Å²) < 4.78 is 0. The van der Waals surface area contributed by atoms with E-state index < -0.39 is 0 Å². The number of likely N-dealkylation sites (N-methyl/N-ethyl adjacent to an activating group) is 1. The minimum atomic E-state index is 0.315. The Morgan fingerprint density at radius 2 is 2.00 bits per heavy atom. The number of fused-ring (bicyclic) bond motifs is 1. The molecule has 2 aromatic heterocycles. The van der Waals surface area contributed by atoms with Crippen LogP contribution in [0.2, 0.25) is 5.15 Å². The largest absolute Gasteiger partial charge is 0.353 e. The van der Waals surface area contributed by atoms with E-state index in [-0.39, 0.29) is 0 Å². The molecule has 0 aliphatic rings. The lowest BCUT2D eigenvalue weighted by Gasteiger charge is -2.10. The third-order valence-corrected chi connectivity index (χ3v) is 2.40. The molecule has 0 atom stereocenters. The summed E-state index contributed by atoms with van der Waals surface area (Å²) in [5.74, 6) is 0.477. The van der Waals surface area contributed by atoms with Crippen molar-refractivity contribution in [3.8, 4) is 0 Å². The molecule has 0 bridgehead atoms. The molecule has 2 aromatic rings. The highest BCUT2D eigenvalue weighted by atomic mass is 35.5. The van der Waals surface area contributed by atoms with Crippen molar-refractivity contribution in [2.45, 2.75) is 0 Å². The molecule has 0 amide bonds. The molecule has 0 fully saturated rings. The summed E-state index contributed by atoms with van der Waals surface area (Å²) in [5.41, 5.74) is 1.02. The van der Waals surface area contributed by atoms with Crippen LogP contribution in [0.4, 0.5) is 5.95 Å². The van der Waals surface area contributed by atoms with E-state index in [1.165, 1.54) is 0 Å². The smallest absolute Gasteiger partial charge is 0.226 e.